The first-order valence-electron chi connectivity index (χ1n) is 3.74. The van der Waals surface area contributed by atoms with Crippen molar-refractivity contribution in [2.45, 2.75) is 19.9 Å². The lowest BCUT2D eigenvalue weighted by atomic mass is 10.3. The van der Waals surface area contributed by atoms with Gasteiger partial charge in [0.1, 0.15) is 6.04 Å². The van der Waals surface area contributed by atoms with Crippen molar-refractivity contribution < 1.29 is 9.53 Å². The molecule has 0 aliphatic rings. The van der Waals surface area contributed by atoms with Gasteiger partial charge in [-0.25, -0.2) is 4.79 Å². The van der Waals surface area contributed by atoms with Gasteiger partial charge in [-0.2, -0.15) is 5.10 Å². The Balaban J connectivity index is 2.84. The Morgan fingerprint density at radius 2 is 2.42 bits per heavy atom. The van der Waals surface area contributed by atoms with Crippen LogP contribution in [0.2, 0.25) is 0 Å². The Hall–Kier alpha value is -1.32. The maximum absolute atomic E-state index is 11.1. The number of aromatic nitrogens is 2. The summed E-state index contributed by atoms with van der Waals surface area (Å²) in [6.45, 7) is 3.65. The fraction of sp³-hybridized carbons (Fsp3) is 0.500. The van der Waals surface area contributed by atoms with Gasteiger partial charge in [-0.15, -0.1) is 0 Å². The Labute approximate surface area is 71.1 Å². The number of hydrogen-bond donors (Lipinski definition) is 0. The third-order valence-corrected chi connectivity index (χ3v) is 1.78. The van der Waals surface area contributed by atoms with Gasteiger partial charge in [0.15, 0.2) is 0 Å². The average Bonchev–Trinajstić information content (AvgIpc) is 2.48. The van der Waals surface area contributed by atoms with Crippen LogP contribution in [0.4, 0.5) is 0 Å². The highest BCUT2D eigenvalue weighted by atomic mass is 16.5. The van der Waals surface area contributed by atoms with E-state index in [2.05, 4.69) is 9.84 Å². The van der Waals surface area contributed by atoms with Crippen molar-refractivity contribution in [3.05, 3.63) is 18.0 Å². The first-order valence-corrected chi connectivity index (χ1v) is 3.74. The highest BCUT2D eigenvalue weighted by Crippen LogP contribution is 2.08. The molecule has 0 aromatic carbocycles. The van der Waals surface area contributed by atoms with Gasteiger partial charge in [0.05, 0.1) is 7.11 Å². The van der Waals surface area contributed by atoms with Gasteiger partial charge in [-0.3, -0.25) is 4.68 Å². The number of rotatable bonds is 2. The molecule has 0 radical (unpaired) electrons. The van der Waals surface area contributed by atoms with Crippen LogP contribution in [0.1, 0.15) is 18.7 Å². The van der Waals surface area contributed by atoms with Gasteiger partial charge < -0.3 is 4.74 Å². The summed E-state index contributed by atoms with van der Waals surface area (Å²) >= 11 is 0. The number of methoxy groups -OCH3 is 1. The summed E-state index contributed by atoms with van der Waals surface area (Å²) in [5.74, 6) is -0.276. The topological polar surface area (TPSA) is 44.1 Å². The van der Waals surface area contributed by atoms with Crippen LogP contribution < -0.4 is 0 Å². The van der Waals surface area contributed by atoms with Gasteiger partial charge in [-0.05, 0) is 19.9 Å². The van der Waals surface area contributed by atoms with Crippen molar-refractivity contribution in [3.63, 3.8) is 0 Å². The zero-order valence-electron chi connectivity index (χ0n) is 7.44. The quantitative estimate of drug-likeness (QED) is 0.617. The molecule has 1 rings (SSSR count). The standard InChI is InChI=1S/C8H12N2O2/c1-6-4-5-9-10(6)7(2)8(11)12-3/h4-5,7H,1-3H3. The number of ether oxygens (including phenoxy) is 1. The molecule has 1 heterocycles. The highest BCUT2D eigenvalue weighted by molar-refractivity contribution is 5.73. The van der Waals surface area contributed by atoms with Gasteiger partial charge in [0.2, 0.25) is 0 Å². The summed E-state index contributed by atoms with van der Waals surface area (Å²) in [5.41, 5.74) is 0.952. The van der Waals surface area contributed by atoms with E-state index < -0.39 is 0 Å². The molecule has 4 nitrogen and oxygen atoms in total. The number of nitrogens with zero attached hydrogens (tertiary/aromatic N) is 2. The van der Waals surface area contributed by atoms with Gasteiger partial charge >= 0.3 is 5.97 Å². The number of hydrogen-bond acceptors (Lipinski definition) is 3. The van der Waals surface area contributed by atoms with Crippen LogP contribution in [-0.2, 0) is 9.53 Å². The van der Waals surface area contributed by atoms with Crippen LogP contribution in [0.25, 0.3) is 0 Å². The Morgan fingerprint density at radius 3 is 2.83 bits per heavy atom. The zero-order valence-corrected chi connectivity index (χ0v) is 7.44. The second kappa shape index (κ2) is 3.38. The maximum atomic E-state index is 11.1. The van der Waals surface area contributed by atoms with E-state index in [-0.39, 0.29) is 12.0 Å². The first kappa shape index (κ1) is 8.77. The van der Waals surface area contributed by atoms with E-state index in [1.165, 1.54) is 7.11 Å². The molecule has 0 spiro atoms. The minimum atomic E-state index is -0.343. The summed E-state index contributed by atoms with van der Waals surface area (Å²) in [5, 5.41) is 4.00. The molecule has 12 heavy (non-hydrogen) atoms. The van der Waals surface area contributed by atoms with Crippen LogP contribution in [0, 0.1) is 6.92 Å². The summed E-state index contributed by atoms with van der Waals surface area (Å²) in [6, 6.07) is 1.50. The minimum absolute atomic E-state index is 0.276. The summed E-state index contributed by atoms with van der Waals surface area (Å²) in [7, 11) is 1.37. The third-order valence-electron chi connectivity index (χ3n) is 1.78. The molecule has 0 bridgehead atoms. The van der Waals surface area contributed by atoms with Crippen molar-refractivity contribution in [1.82, 2.24) is 9.78 Å². The lowest BCUT2D eigenvalue weighted by Gasteiger charge is -2.10. The Morgan fingerprint density at radius 1 is 1.75 bits per heavy atom. The van der Waals surface area contributed by atoms with Crippen LogP contribution in [0.15, 0.2) is 12.3 Å². The predicted molar refractivity (Wildman–Crippen MR) is 43.7 cm³/mol. The SMILES string of the molecule is COC(=O)C(C)n1nccc1C. The normalized spacial score (nSPS) is 12.6. The van der Waals surface area contributed by atoms with Crippen molar-refractivity contribution in [3.8, 4) is 0 Å². The fourth-order valence-corrected chi connectivity index (χ4v) is 1.06. The third kappa shape index (κ3) is 1.47. The zero-order chi connectivity index (χ0) is 9.14. The number of carbonyl (C=O) groups is 1. The lowest BCUT2D eigenvalue weighted by Crippen LogP contribution is -2.19. The Kier molecular flexibility index (Phi) is 2.47. The molecule has 66 valence electrons. The molecule has 0 aliphatic carbocycles. The monoisotopic (exact) mass is 168 g/mol. The molecule has 1 aromatic heterocycles. The summed E-state index contributed by atoms with van der Waals surface area (Å²) < 4.78 is 6.22. The molecule has 1 aromatic rings. The molecule has 0 saturated heterocycles. The minimum Gasteiger partial charge on any atom is -0.467 e. The van der Waals surface area contributed by atoms with Gasteiger partial charge in [0, 0.05) is 11.9 Å². The van der Waals surface area contributed by atoms with Crippen LogP contribution in [-0.4, -0.2) is 22.9 Å². The first-order chi connectivity index (χ1) is 5.66. The van der Waals surface area contributed by atoms with E-state index in [4.69, 9.17) is 0 Å². The second-order valence-corrected chi connectivity index (χ2v) is 2.62. The molecule has 1 atom stereocenters. The van der Waals surface area contributed by atoms with Crippen LogP contribution >= 0.6 is 0 Å². The van der Waals surface area contributed by atoms with Gasteiger partial charge in [-0.1, -0.05) is 0 Å². The van der Waals surface area contributed by atoms with E-state index in [0.29, 0.717) is 0 Å². The van der Waals surface area contributed by atoms with E-state index in [1.54, 1.807) is 17.8 Å². The molecule has 1 unspecified atom stereocenters. The Bertz CT molecular complexity index is 280. The largest absolute Gasteiger partial charge is 0.467 e. The van der Waals surface area contributed by atoms with E-state index in [1.807, 2.05) is 13.0 Å². The van der Waals surface area contributed by atoms with Crippen molar-refractivity contribution in [2.75, 3.05) is 7.11 Å². The van der Waals surface area contributed by atoms with Crippen molar-refractivity contribution >= 4 is 5.97 Å². The molecule has 0 saturated carbocycles. The van der Waals surface area contributed by atoms with Crippen molar-refractivity contribution in [2.24, 2.45) is 0 Å². The molecule has 4 heteroatoms. The number of carbonyl (C=O) groups excluding carboxylic acids is 1. The second-order valence-electron chi connectivity index (χ2n) is 2.62. The maximum Gasteiger partial charge on any atom is 0.330 e. The highest BCUT2D eigenvalue weighted by Gasteiger charge is 2.16. The molecule has 0 aliphatic heterocycles. The van der Waals surface area contributed by atoms with E-state index >= 15 is 0 Å². The number of aryl methyl sites for hydroxylation is 1. The van der Waals surface area contributed by atoms with Crippen LogP contribution in [0.5, 0.6) is 0 Å². The average molecular weight is 168 g/mol. The van der Waals surface area contributed by atoms with Crippen molar-refractivity contribution in [1.29, 1.82) is 0 Å². The molecule has 0 amide bonds. The fourth-order valence-electron chi connectivity index (χ4n) is 1.06. The summed E-state index contributed by atoms with van der Waals surface area (Å²) in [4.78, 5) is 11.1. The predicted octanol–water partition coefficient (Wildman–Crippen LogP) is 0.926. The molecular formula is C8H12N2O2. The van der Waals surface area contributed by atoms with Crippen LogP contribution in [0.3, 0.4) is 0 Å². The molecule has 0 N–H and O–H groups in total. The molecule has 0 fully saturated rings. The van der Waals surface area contributed by atoms with E-state index in [0.717, 1.165) is 5.69 Å². The smallest absolute Gasteiger partial charge is 0.330 e. The van der Waals surface area contributed by atoms with Gasteiger partial charge in [0.25, 0.3) is 0 Å². The van der Waals surface area contributed by atoms with E-state index in [9.17, 15) is 4.79 Å². The lowest BCUT2D eigenvalue weighted by molar-refractivity contribution is -0.144. The molecular weight excluding hydrogens is 156 g/mol. The summed E-state index contributed by atoms with van der Waals surface area (Å²) in [6.07, 6.45) is 1.66. The number of esters is 1.